The van der Waals surface area contributed by atoms with Gasteiger partial charge in [0.2, 0.25) is 0 Å². The summed E-state index contributed by atoms with van der Waals surface area (Å²) in [5, 5.41) is 3.44. The predicted octanol–water partition coefficient (Wildman–Crippen LogP) is 4.96. The van der Waals surface area contributed by atoms with E-state index >= 15 is 0 Å². The number of benzene rings is 2. The van der Waals surface area contributed by atoms with Gasteiger partial charge in [0.25, 0.3) is 5.91 Å². The summed E-state index contributed by atoms with van der Waals surface area (Å²) < 4.78 is 12.5. The molecular weight excluding hydrogens is 478 g/mol. The number of rotatable bonds is 9. The lowest BCUT2D eigenvalue weighted by atomic mass is 10.1. The molecule has 2 heterocycles. The van der Waals surface area contributed by atoms with Gasteiger partial charge in [-0.25, -0.2) is 9.78 Å². The lowest BCUT2D eigenvalue weighted by molar-refractivity contribution is -0.142. The van der Waals surface area contributed by atoms with Crippen molar-refractivity contribution in [2.45, 2.75) is 25.3 Å². The maximum absolute atomic E-state index is 13.0. The van der Waals surface area contributed by atoms with E-state index in [0.717, 1.165) is 29.0 Å². The van der Waals surface area contributed by atoms with E-state index < -0.39 is 17.9 Å². The molecule has 1 amide bonds. The Hall–Kier alpha value is -3.84. The fourth-order valence-electron chi connectivity index (χ4n) is 3.94. The molecule has 1 fully saturated rings. The Balaban J connectivity index is 1.28. The quantitative estimate of drug-likeness (QED) is 0.326. The predicted molar refractivity (Wildman–Crippen MR) is 137 cm³/mol. The summed E-state index contributed by atoms with van der Waals surface area (Å²) in [5.74, 6) is 0.497. The summed E-state index contributed by atoms with van der Waals surface area (Å²) >= 11 is 5.99. The van der Waals surface area contributed by atoms with Crippen molar-refractivity contribution < 1.29 is 19.1 Å². The summed E-state index contributed by atoms with van der Waals surface area (Å²) in [6, 6.07) is 18.0. The van der Waals surface area contributed by atoms with Gasteiger partial charge >= 0.3 is 5.97 Å². The van der Waals surface area contributed by atoms with Gasteiger partial charge in [-0.05, 0) is 71.8 Å². The third-order valence-electron chi connectivity index (χ3n) is 6.20. The molecule has 0 aliphatic heterocycles. The van der Waals surface area contributed by atoms with E-state index in [2.05, 4.69) is 10.3 Å². The minimum absolute atomic E-state index is 0.209. The molecule has 0 bridgehead atoms. The number of imidazole rings is 1. The number of halogens is 1. The molecule has 4 aromatic rings. The minimum atomic E-state index is -0.852. The first-order valence-corrected chi connectivity index (χ1v) is 12.2. The topological polar surface area (TPSA) is 81.9 Å². The molecule has 1 atom stereocenters. The molecule has 36 heavy (non-hydrogen) atoms. The summed E-state index contributed by atoms with van der Waals surface area (Å²) in [7, 11) is 1.31. The number of ether oxygens (including phenoxy) is 2. The van der Waals surface area contributed by atoms with Crippen LogP contribution in [0.15, 0.2) is 73.1 Å². The van der Waals surface area contributed by atoms with Crippen LogP contribution >= 0.6 is 11.6 Å². The zero-order chi connectivity index (χ0) is 25.1. The highest BCUT2D eigenvalue weighted by Crippen LogP contribution is 2.29. The number of amides is 1. The van der Waals surface area contributed by atoms with E-state index in [1.807, 2.05) is 66.9 Å². The van der Waals surface area contributed by atoms with Gasteiger partial charge in [-0.3, -0.25) is 4.79 Å². The molecule has 0 saturated heterocycles. The molecule has 7 nitrogen and oxygen atoms in total. The summed E-state index contributed by atoms with van der Waals surface area (Å²) in [5.41, 5.74) is 3.67. The molecule has 2 aromatic carbocycles. The molecule has 1 unspecified atom stereocenters. The second-order valence-corrected chi connectivity index (χ2v) is 9.40. The van der Waals surface area contributed by atoms with Gasteiger partial charge in [0.05, 0.1) is 13.7 Å². The van der Waals surface area contributed by atoms with E-state index in [9.17, 15) is 9.59 Å². The molecule has 1 aliphatic rings. The average Bonchev–Trinajstić information content (AvgIpc) is 3.63. The van der Waals surface area contributed by atoms with Gasteiger partial charge in [0, 0.05) is 23.8 Å². The second kappa shape index (κ2) is 10.4. The van der Waals surface area contributed by atoms with Gasteiger partial charge < -0.3 is 19.2 Å². The lowest BCUT2D eigenvalue weighted by Crippen LogP contribution is -2.43. The highest BCUT2D eigenvalue weighted by Gasteiger charge is 2.24. The third kappa shape index (κ3) is 5.69. The highest BCUT2D eigenvalue weighted by molar-refractivity contribution is 6.30. The largest absolute Gasteiger partial charge is 0.493 e. The van der Waals surface area contributed by atoms with E-state index in [0.29, 0.717) is 16.6 Å². The number of esters is 1. The monoisotopic (exact) mass is 503 g/mol. The Kier molecular flexibility index (Phi) is 6.91. The second-order valence-electron chi connectivity index (χ2n) is 8.97. The van der Waals surface area contributed by atoms with Crippen LogP contribution in [0.5, 0.6) is 5.75 Å². The van der Waals surface area contributed by atoms with Crippen LogP contribution in [0.3, 0.4) is 0 Å². The van der Waals surface area contributed by atoms with Crippen molar-refractivity contribution in [1.29, 1.82) is 0 Å². The Morgan fingerprint density at radius 2 is 1.75 bits per heavy atom. The van der Waals surface area contributed by atoms with Crippen LogP contribution in [-0.4, -0.2) is 41.0 Å². The summed E-state index contributed by atoms with van der Waals surface area (Å²) in [6.07, 6.45) is 6.29. The number of hydrogen-bond donors (Lipinski definition) is 1. The van der Waals surface area contributed by atoms with Crippen LogP contribution in [0, 0.1) is 5.92 Å². The van der Waals surface area contributed by atoms with Crippen molar-refractivity contribution in [3.8, 4) is 16.9 Å². The Morgan fingerprint density at radius 1 is 1.03 bits per heavy atom. The fourth-order valence-corrected chi connectivity index (χ4v) is 4.06. The number of aromatic nitrogens is 2. The van der Waals surface area contributed by atoms with Crippen LogP contribution in [-0.2, 0) is 16.0 Å². The van der Waals surface area contributed by atoms with Gasteiger partial charge in [-0.15, -0.1) is 0 Å². The van der Waals surface area contributed by atoms with Crippen molar-refractivity contribution >= 4 is 29.1 Å². The minimum Gasteiger partial charge on any atom is -0.493 e. The SMILES string of the molecule is COC(=O)C(Cc1ccc(OCC2CC2)cc1)NC(=O)c1cn2cc(-c3ccc(Cl)cc3)ccc2n1. The Bertz CT molecular complexity index is 1380. The molecule has 1 saturated carbocycles. The molecule has 1 aliphatic carbocycles. The van der Waals surface area contributed by atoms with E-state index in [1.54, 1.807) is 10.6 Å². The molecule has 0 spiro atoms. The number of nitrogens with one attached hydrogen (secondary N) is 1. The standard InChI is InChI=1S/C28H26ClN3O4/c1-35-28(34)24(14-18-4-11-23(12-5-18)36-17-19-2-3-19)31-27(33)25-16-32-15-21(8-13-26(32)30-25)20-6-9-22(29)10-7-20/h4-13,15-16,19,24H,2-3,14,17H2,1H3,(H,31,33). The van der Waals surface area contributed by atoms with Crippen molar-refractivity contribution in [2.24, 2.45) is 5.92 Å². The molecule has 0 radical (unpaired) electrons. The van der Waals surface area contributed by atoms with Crippen LogP contribution in [0.2, 0.25) is 5.02 Å². The third-order valence-corrected chi connectivity index (χ3v) is 6.45. The zero-order valence-corrected chi connectivity index (χ0v) is 20.6. The highest BCUT2D eigenvalue weighted by atomic mass is 35.5. The van der Waals surface area contributed by atoms with Crippen molar-refractivity contribution in [1.82, 2.24) is 14.7 Å². The van der Waals surface area contributed by atoms with Crippen molar-refractivity contribution in [3.63, 3.8) is 0 Å². The first-order chi connectivity index (χ1) is 17.5. The molecular formula is C28H26ClN3O4. The first kappa shape index (κ1) is 23.9. The molecule has 5 rings (SSSR count). The van der Waals surface area contributed by atoms with Crippen molar-refractivity contribution in [2.75, 3.05) is 13.7 Å². The van der Waals surface area contributed by atoms with Crippen LogP contribution < -0.4 is 10.1 Å². The molecule has 2 aromatic heterocycles. The van der Waals surface area contributed by atoms with Gasteiger partial charge in [0.15, 0.2) is 0 Å². The zero-order valence-electron chi connectivity index (χ0n) is 19.8. The Morgan fingerprint density at radius 3 is 2.44 bits per heavy atom. The summed E-state index contributed by atoms with van der Waals surface area (Å²) in [4.78, 5) is 29.9. The molecule has 8 heteroatoms. The molecule has 1 N–H and O–H groups in total. The maximum atomic E-state index is 13.0. The van der Waals surface area contributed by atoms with Gasteiger partial charge in [-0.1, -0.05) is 35.9 Å². The first-order valence-electron chi connectivity index (χ1n) is 11.8. The normalized spacial score (nSPS) is 13.8. The fraction of sp³-hybridized carbons (Fsp3) is 0.250. The van der Waals surface area contributed by atoms with E-state index in [-0.39, 0.29) is 12.1 Å². The van der Waals surface area contributed by atoms with E-state index in [1.165, 1.54) is 20.0 Å². The van der Waals surface area contributed by atoms with Crippen molar-refractivity contribution in [3.05, 3.63) is 89.3 Å². The Labute approximate surface area is 214 Å². The van der Waals surface area contributed by atoms with Gasteiger partial charge in [-0.2, -0.15) is 0 Å². The maximum Gasteiger partial charge on any atom is 0.328 e. The number of fused-ring (bicyclic) bond motifs is 1. The number of methoxy groups -OCH3 is 1. The smallest absolute Gasteiger partial charge is 0.328 e. The molecule has 184 valence electrons. The van der Waals surface area contributed by atoms with Gasteiger partial charge in [0.1, 0.15) is 23.1 Å². The van der Waals surface area contributed by atoms with Crippen LogP contribution in [0.1, 0.15) is 28.9 Å². The average molecular weight is 504 g/mol. The number of carbonyl (C=O) groups excluding carboxylic acids is 2. The number of nitrogens with zero attached hydrogens (tertiary/aromatic N) is 2. The number of hydrogen-bond acceptors (Lipinski definition) is 5. The number of pyridine rings is 1. The number of carbonyl (C=O) groups is 2. The van der Waals surface area contributed by atoms with Crippen LogP contribution in [0.25, 0.3) is 16.8 Å². The summed E-state index contributed by atoms with van der Waals surface area (Å²) in [6.45, 7) is 0.737. The van der Waals surface area contributed by atoms with E-state index in [4.69, 9.17) is 21.1 Å². The van der Waals surface area contributed by atoms with Crippen LogP contribution in [0.4, 0.5) is 0 Å². The lowest BCUT2D eigenvalue weighted by Gasteiger charge is -2.16.